The molecule has 0 saturated heterocycles. The minimum Gasteiger partial charge on any atom is -0.385 e. The summed E-state index contributed by atoms with van der Waals surface area (Å²) in [5, 5.41) is 4.51. The second-order valence-corrected chi connectivity index (χ2v) is 6.07. The Morgan fingerprint density at radius 1 is 1.42 bits per heavy atom. The molecule has 0 unspecified atom stereocenters. The topological polar surface area (TPSA) is 37.4 Å². The van der Waals surface area contributed by atoms with Gasteiger partial charge in [0.05, 0.1) is 5.69 Å². The van der Waals surface area contributed by atoms with E-state index in [-0.39, 0.29) is 0 Å². The molecule has 1 aromatic heterocycles. The zero-order valence-corrected chi connectivity index (χ0v) is 13.6. The fourth-order valence-electron chi connectivity index (χ4n) is 1.87. The van der Waals surface area contributed by atoms with Gasteiger partial charge in [-0.1, -0.05) is 20.8 Å². The van der Waals surface area contributed by atoms with Crippen LogP contribution in [0.2, 0.25) is 0 Å². The van der Waals surface area contributed by atoms with Gasteiger partial charge < -0.3 is 15.0 Å². The van der Waals surface area contributed by atoms with Crippen molar-refractivity contribution in [2.24, 2.45) is 0 Å². The molecule has 0 fully saturated rings. The second-order valence-electron chi connectivity index (χ2n) is 5.01. The third-order valence-corrected chi connectivity index (χ3v) is 4.15. The molecule has 0 spiro atoms. The summed E-state index contributed by atoms with van der Waals surface area (Å²) in [7, 11) is 3.85. The van der Waals surface area contributed by atoms with Gasteiger partial charge in [0, 0.05) is 38.7 Å². The fraction of sp³-hybridized carbons (Fsp3) is 0.786. The quantitative estimate of drug-likeness (QED) is 0.708. The van der Waals surface area contributed by atoms with Gasteiger partial charge in [-0.3, -0.25) is 0 Å². The van der Waals surface area contributed by atoms with Gasteiger partial charge in [0.15, 0.2) is 5.13 Å². The number of nitrogens with zero attached hydrogens (tertiary/aromatic N) is 2. The summed E-state index contributed by atoms with van der Waals surface area (Å²) < 4.78 is 5.09. The van der Waals surface area contributed by atoms with E-state index in [9.17, 15) is 0 Å². The number of rotatable bonds is 9. The Morgan fingerprint density at radius 2 is 2.16 bits per heavy atom. The van der Waals surface area contributed by atoms with Gasteiger partial charge >= 0.3 is 0 Å². The number of thiazole rings is 1. The van der Waals surface area contributed by atoms with E-state index in [1.165, 1.54) is 10.6 Å². The molecule has 0 bridgehead atoms. The van der Waals surface area contributed by atoms with Crippen LogP contribution in [0.1, 0.15) is 43.7 Å². The lowest BCUT2D eigenvalue weighted by molar-refractivity contribution is 0.196. The summed E-state index contributed by atoms with van der Waals surface area (Å²) in [6, 6.07) is 0. The SMILES string of the molecule is CCNCc1sc(N(C)CCCOC)nc1C(C)C. The normalized spacial score (nSPS) is 11.3. The molecule has 5 heteroatoms. The molecule has 19 heavy (non-hydrogen) atoms. The molecule has 0 amide bonds. The Bertz CT molecular complexity index is 366. The van der Waals surface area contributed by atoms with E-state index < -0.39 is 0 Å². The number of methoxy groups -OCH3 is 1. The van der Waals surface area contributed by atoms with E-state index in [1.54, 1.807) is 18.4 Å². The van der Waals surface area contributed by atoms with Crippen LogP contribution in [0.3, 0.4) is 0 Å². The first kappa shape index (κ1) is 16.4. The van der Waals surface area contributed by atoms with Crippen LogP contribution < -0.4 is 10.2 Å². The van der Waals surface area contributed by atoms with Crippen LogP contribution in [0.5, 0.6) is 0 Å². The lowest BCUT2D eigenvalue weighted by atomic mass is 10.1. The van der Waals surface area contributed by atoms with E-state index >= 15 is 0 Å². The molecule has 0 aromatic carbocycles. The van der Waals surface area contributed by atoms with Gasteiger partial charge in [0.25, 0.3) is 0 Å². The largest absolute Gasteiger partial charge is 0.385 e. The van der Waals surface area contributed by atoms with Crippen LogP contribution in [0.4, 0.5) is 5.13 Å². The maximum Gasteiger partial charge on any atom is 0.185 e. The first-order chi connectivity index (χ1) is 9.10. The van der Waals surface area contributed by atoms with Crippen molar-refractivity contribution in [1.29, 1.82) is 0 Å². The molecule has 1 heterocycles. The predicted octanol–water partition coefficient (Wildman–Crippen LogP) is 2.85. The summed E-state index contributed by atoms with van der Waals surface area (Å²) in [6.45, 7) is 10.3. The summed E-state index contributed by atoms with van der Waals surface area (Å²) >= 11 is 1.81. The molecule has 0 aliphatic heterocycles. The van der Waals surface area contributed by atoms with E-state index in [1.807, 2.05) is 0 Å². The smallest absolute Gasteiger partial charge is 0.185 e. The average molecular weight is 285 g/mol. The van der Waals surface area contributed by atoms with Gasteiger partial charge in [-0.25, -0.2) is 4.98 Å². The Hall–Kier alpha value is -0.650. The first-order valence-corrected chi connectivity index (χ1v) is 7.82. The minimum atomic E-state index is 0.478. The highest BCUT2D eigenvalue weighted by Gasteiger charge is 2.15. The predicted molar refractivity (Wildman–Crippen MR) is 83.3 cm³/mol. The number of ether oxygens (including phenoxy) is 1. The second kappa shape index (κ2) is 8.51. The Balaban J connectivity index is 2.72. The Labute approximate surface area is 121 Å². The first-order valence-electron chi connectivity index (χ1n) is 7.00. The molecule has 0 radical (unpaired) electrons. The van der Waals surface area contributed by atoms with Crippen LogP contribution in [0.15, 0.2) is 0 Å². The third kappa shape index (κ3) is 5.09. The number of hydrogen-bond acceptors (Lipinski definition) is 5. The van der Waals surface area contributed by atoms with Crippen molar-refractivity contribution in [3.63, 3.8) is 0 Å². The van der Waals surface area contributed by atoms with Gasteiger partial charge in [-0.2, -0.15) is 0 Å². The number of anilines is 1. The summed E-state index contributed by atoms with van der Waals surface area (Å²) in [6.07, 6.45) is 1.03. The zero-order valence-electron chi connectivity index (χ0n) is 12.8. The van der Waals surface area contributed by atoms with E-state index in [0.29, 0.717) is 5.92 Å². The standard InChI is InChI=1S/C14H27N3OS/c1-6-15-10-12-13(11(2)3)16-14(19-12)17(4)8-7-9-18-5/h11,15H,6-10H2,1-5H3. The molecule has 1 aromatic rings. The highest BCUT2D eigenvalue weighted by Crippen LogP contribution is 2.30. The van der Waals surface area contributed by atoms with Crippen molar-refractivity contribution in [2.45, 2.75) is 39.7 Å². The average Bonchev–Trinajstić information content (AvgIpc) is 2.80. The van der Waals surface area contributed by atoms with E-state index in [2.05, 4.69) is 38.0 Å². The van der Waals surface area contributed by atoms with Gasteiger partial charge in [0.1, 0.15) is 0 Å². The molecule has 110 valence electrons. The van der Waals surface area contributed by atoms with Gasteiger partial charge in [0.2, 0.25) is 0 Å². The molecule has 1 rings (SSSR count). The number of hydrogen-bond donors (Lipinski definition) is 1. The fourth-order valence-corrected chi connectivity index (χ4v) is 3.04. The molecule has 0 aliphatic carbocycles. The van der Waals surface area contributed by atoms with Crippen LogP contribution in [-0.4, -0.2) is 38.8 Å². The van der Waals surface area contributed by atoms with Crippen molar-refractivity contribution in [3.8, 4) is 0 Å². The van der Waals surface area contributed by atoms with Crippen molar-refractivity contribution >= 4 is 16.5 Å². The molecule has 4 nitrogen and oxygen atoms in total. The third-order valence-electron chi connectivity index (χ3n) is 2.97. The lowest BCUT2D eigenvalue weighted by Gasteiger charge is -2.15. The monoisotopic (exact) mass is 285 g/mol. The summed E-state index contributed by atoms with van der Waals surface area (Å²) in [5.74, 6) is 0.478. The Kier molecular flexibility index (Phi) is 7.34. The van der Waals surface area contributed by atoms with Gasteiger partial charge in [-0.15, -0.1) is 11.3 Å². The Morgan fingerprint density at radius 3 is 2.74 bits per heavy atom. The minimum absolute atomic E-state index is 0.478. The molecule has 1 N–H and O–H groups in total. The van der Waals surface area contributed by atoms with E-state index in [4.69, 9.17) is 9.72 Å². The van der Waals surface area contributed by atoms with Crippen LogP contribution in [-0.2, 0) is 11.3 Å². The molecular weight excluding hydrogens is 258 g/mol. The molecular formula is C14H27N3OS. The van der Waals surface area contributed by atoms with Crippen LogP contribution in [0, 0.1) is 0 Å². The molecule has 0 atom stereocenters. The van der Waals surface area contributed by atoms with E-state index in [0.717, 1.165) is 37.8 Å². The van der Waals surface area contributed by atoms with Crippen molar-refractivity contribution < 1.29 is 4.74 Å². The van der Waals surface area contributed by atoms with Crippen molar-refractivity contribution in [3.05, 3.63) is 10.6 Å². The maximum absolute atomic E-state index is 5.09. The maximum atomic E-state index is 5.09. The number of nitrogens with one attached hydrogen (secondary N) is 1. The summed E-state index contributed by atoms with van der Waals surface area (Å²) in [5.41, 5.74) is 1.24. The highest BCUT2D eigenvalue weighted by atomic mass is 32.1. The summed E-state index contributed by atoms with van der Waals surface area (Å²) in [4.78, 5) is 8.40. The zero-order chi connectivity index (χ0) is 14.3. The van der Waals surface area contributed by atoms with Crippen molar-refractivity contribution in [1.82, 2.24) is 10.3 Å². The number of aromatic nitrogens is 1. The molecule has 0 aliphatic rings. The van der Waals surface area contributed by atoms with Crippen LogP contribution in [0.25, 0.3) is 0 Å². The van der Waals surface area contributed by atoms with Gasteiger partial charge in [-0.05, 0) is 18.9 Å². The lowest BCUT2D eigenvalue weighted by Crippen LogP contribution is -2.19. The van der Waals surface area contributed by atoms with Crippen LogP contribution >= 0.6 is 11.3 Å². The van der Waals surface area contributed by atoms with Crippen molar-refractivity contribution in [2.75, 3.05) is 38.8 Å². The molecule has 0 saturated carbocycles. The highest BCUT2D eigenvalue weighted by molar-refractivity contribution is 7.15.